The first-order chi connectivity index (χ1) is 9.14. The van der Waals surface area contributed by atoms with E-state index in [-0.39, 0.29) is 17.8 Å². The van der Waals surface area contributed by atoms with Crippen molar-refractivity contribution in [1.29, 1.82) is 0 Å². The van der Waals surface area contributed by atoms with E-state index in [1.807, 2.05) is 0 Å². The minimum absolute atomic E-state index is 0.0417. The van der Waals surface area contributed by atoms with Crippen LogP contribution in [0, 0.1) is 5.41 Å². The number of rotatable bonds is 2. The van der Waals surface area contributed by atoms with Gasteiger partial charge in [0, 0.05) is 5.41 Å². The van der Waals surface area contributed by atoms with Crippen LogP contribution in [0.15, 0.2) is 0 Å². The summed E-state index contributed by atoms with van der Waals surface area (Å²) >= 11 is 6.08. The number of nitrogens with two attached hydrogens (primary N) is 3. The molecule has 21 heavy (non-hydrogen) atoms. The number of hydrogen-bond donors (Lipinski definition) is 5. The summed E-state index contributed by atoms with van der Waals surface area (Å²) in [5, 5.41) is 0. The van der Waals surface area contributed by atoms with Crippen molar-refractivity contribution in [2.75, 3.05) is 17.2 Å². The molecule has 0 saturated carbocycles. The van der Waals surface area contributed by atoms with Crippen LogP contribution in [0.2, 0.25) is 0 Å². The third-order valence-corrected chi connectivity index (χ3v) is 5.51. The van der Waals surface area contributed by atoms with Gasteiger partial charge in [-0.2, -0.15) is 15.0 Å². The minimum Gasteiger partial charge on any atom is -0.368 e. The monoisotopic (exact) mass is 450 g/mol. The van der Waals surface area contributed by atoms with Gasteiger partial charge in [-0.15, -0.1) is 0 Å². The first-order valence-corrected chi connectivity index (χ1v) is 8.42. The van der Waals surface area contributed by atoms with Gasteiger partial charge in [0.1, 0.15) is 0 Å². The van der Waals surface area contributed by atoms with Gasteiger partial charge in [-0.25, -0.2) is 4.57 Å². The molecular formula is C8H17Br2N6O4P. The third kappa shape index (κ3) is 8.49. The number of anilines is 3. The zero-order chi connectivity index (χ0) is 17.1. The Morgan fingerprint density at radius 1 is 1.00 bits per heavy atom. The lowest BCUT2D eigenvalue weighted by molar-refractivity contribution is 0.101. The van der Waals surface area contributed by atoms with Crippen molar-refractivity contribution in [3.8, 4) is 0 Å². The molecule has 0 unspecified atom stereocenters. The van der Waals surface area contributed by atoms with Crippen LogP contribution in [0.4, 0.5) is 17.8 Å². The Hall–Kier alpha value is -0.520. The largest absolute Gasteiger partial charge is 0.471 e. The second-order valence-corrected chi connectivity index (χ2v) is 9.22. The van der Waals surface area contributed by atoms with Gasteiger partial charge in [0.15, 0.2) is 3.42 Å². The Morgan fingerprint density at radius 2 is 1.29 bits per heavy atom. The van der Waals surface area contributed by atoms with E-state index in [2.05, 4.69) is 51.3 Å². The number of alkyl halides is 2. The van der Waals surface area contributed by atoms with Crippen molar-refractivity contribution in [2.24, 2.45) is 5.41 Å². The van der Waals surface area contributed by atoms with Crippen LogP contribution in [0.5, 0.6) is 0 Å². The third-order valence-electron chi connectivity index (χ3n) is 1.79. The molecular weight excluding hydrogens is 435 g/mol. The maximum Gasteiger partial charge on any atom is 0.471 e. The quantitative estimate of drug-likeness (QED) is 0.323. The molecule has 0 aliphatic carbocycles. The van der Waals surface area contributed by atoms with Crippen LogP contribution in [0.25, 0.3) is 0 Å². The van der Waals surface area contributed by atoms with Crippen molar-refractivity contribution < 1.29 is 18.9 Å². The molecule has 1 aromatic heterocycles. The summed E-state index contributed by atoms with van der Waals surface area (Å²) in [6.45, 7) is 5.31. The van der Waals surface area contributed by atoms with Crippen molar-refractivity contribution in [3.05, 3.63) is 0 Å². The van der Waals surface area contributed by atoms with E-state index in [9.17, 15) is 4.57 Å². The van der Waals surface area contributed by atoms with Gasteiger partial charge in [-0.05, 0) is 31.9 Å². The lowest BCUT2D eigenvalue weighted by atomic mass is 9.99. The molecule has 0 saturated heterocycles. The van der Waals surface area contributed by atoms with Crippen molar-refractivity contribution in [1.82, 2.24) is 15.0 Å². The number of halogens is 2. The standard InChI is InChI=1S/C5H11Br2O4P.C3H6N6/c1-4(2,3)5(6,7)11-12(8,9)10;4-1-7-2(5)9-3(6)8-1/h1-3H3,(H2,8,9,10);(H6,4,5,6,7,8,9). The van der Waals surface area contributed by atoms with Crippen LogP contribution in [0.3, 0.4) is 0 Å². The highest BCUT2D eigenvalue weighted by atomic mass is 79.9. The highest BCUT2D eigenvalue weighted by molar-refractivity contribution is 9.25. The van der Waals surface area contributed by atoms with Gasteiger partial charge < -0.3 is 27.0 Å². The van der Waals surface area contributed by atoms with E-state index in [0.29, 0.717) is 0 Å². The van der Waals surface area contributed by atoms with Gasteiger partial charge in [-0.1, -0.05) is 20.8 Å². The zero-order valence-corrected chi connectivity index (χ0v) is 15.6. The summed E-state index contributed by atoms with van der Waals surface area (Å²) in [4.78, 5) is 27.6. The SMILES string of the molecule is CC(C)(C)C(Br)(Br)OP(=O)(O)O.Nc1nc(N)nc(N)n1. The summed E-state index contributed by atoms with van der Waals surface area (Å²) in [5.41, 5.74) is 14.9. The molecule has 8 N–H and O–H groups in total. The molecule has 1 aromatic rings. The topological polar surface area (TPSA) is 183 Å². The average molecular weight is 452 g/mol. The number of nitrogen functional groups attached to an aromatic ring is 3. The van der Waals surface area contributed by atoms with E-state index >= 15 is 0 Å². The second kappa shape index (κ2) is 7.16. The summed E-state index contributed by atoms with van der Waals surface area (Å²) in [7, 11) is -4.48. The maximum absolute atomic E-state index is 10.5. The number of nitrogens with zero attached hydrogens (tertiary/aromatic N) is 3. The van der Waals surface area contributed by atoms with Crippen LogP contribution >= 0.6 is 39.7 Å². The lowest BCUT2D eigenvalue weighted by Gasteiger charge is -2.33. The van der Waals surface area contributed by atoms with E-state index in [1.165, 1.54) is 0 Å². The molecule has 0 amide bonds. The van der Waals surface area contributed by atoms with E-state index < -0.39 is 16.7 Å². The van der Waals surface area contributed by atoms with Gasteiger partial charge in [0.25, 0.3) is 0 Å². The predicted molar refractivity (Wildman–Crippen MR) is 86.2 cm³/mol. The van der Waals surface area contributed by atoms with Crippen molar-refractivity contribution >= 4 is 57.5 Å². The highest BCUT2D eigenvalue weighted by Crippen LogP contribution is 2.54. The van der Waals surface area contributed by atoms with Crippen molar-refractivity contribution in [2.45, 2.75) is 24.2 Å². The van der Waals surface area contributed by atoms with Crippen LogP contribution in [0.1, 0.15) is 20.8 Å². The van der Waals surface area contributed by atoms with Gasteiger partial charge >= 0.3 is 7.82 Å². The van der Waals surface area contributed by atoms with E-state index in [4.69, 9.17) is 27.0 Å². The Kier molecular flexibility index (Phi) is 6.98. The number of hydrogen-bond acceptors (Lipinski definition) is 8. The summed E-state index contributed by atoms with van der Waals surface area (Å²) in [6.07, 6.45) is 0. The molecule has 0 aliphatic rings. The minimum atomic E-state index is -4.48. The van der Waals surface area contributed by atoms with Gasteiger partial charge in [0.05, 0.1) is 0 Å². The van der Waals surface area contributed by atoms with E-state index in [1.54, 1.807) is 20.8 Å². The average Bonchev–Trinajstić information content (AvgIpc) is 2.08. The maximum atomic E-state index is 10.5. The molecule has 1 heterocycles. The number of aromatic nitrogens is 3. The second-order valence-electron chi connectivity index (χ2n) is 4.76. The first-order valence-electron chi connectivity index (χ1n) is 5.30. The fourth-order valence-electron chi connectivity index (χ4n) is 0.713. The molecule has 0 aromatic carbocycles. The number of phosphoric acid groups is 1. The fraction of sp³-hybridized carbons (Fsp3) is 0.625. The fourth-order valence-corrected chi connectivity index (χ4v) is 2.42. The Labute approximate surface area is 138 Å². The zero-order valence-electron chi connectivity index (χ0n) is 11.5. The molecule has 0 aliphatic heterocycles. The molecule has 0 bridgehead atoms. The van der Waals surface area contributed by atoms with Gasteiger partial charge in [-0.3, -0.25) is 4.52 Å². The summed E-state index contributed by atoms with van der Waals surface area (Å²) < 4.78 is 13.8. The normalized spacial score (nSPS) is 12.5. The Bertz CT molecular complexity index is 482. The summed E-state index contributed by atoms with van der Waals surface area (Å²) in [5.74, 6) is 0.125. The molecule has 0 spiro atoms. The molecule has 122 valence electrons. The lowest BCUT2D eigenvalue weighted by Crippen LogP contribution is -2.32. The predicted octanol–water partition coefficient (Wildman–Crippen LogP) is 1.20. The first kappa shape index (κ1) is 20.5. The molecule has 0 fully saturated rings. The highest BCUT2D eigenvalue weighted by Gasteiger charge is 2.43. The van der Waals surface area contributed by atoms with Crippen LogP contribution in [-0.2, 0) is 9.09 Å². The molecule has 13 heteroatoms. The van der Waals surface area contributed by atoms with Crippen molar-refractivity contribution in [3.63, 3.8) is 0 Å². The summed E-state index contributed by atoms with van der Waals surface area (Å²) in [6, 6.07) is 0. The molecule has 1 rings (SSSR count). The molecule has 0 radical (unpaired) electrons. The smallest absolute Gasteiger partial charge is 0.368 e. The molecule has 0 atom stereocenters. The van der Waals surface area contributed by atoms with Gasteiger partial charge in [0.2, 0.25) is 17.8 Å². The Balaban J connectivity index is 0.000000394. The van der Waals surface area contributed by atoms with E-state index in [0.717, 1.165) is 0 Å². The van der Waals surface area contributed by atoms with Crippen LogP contribution in [-0.4, -0.2) is 28.2 Å². The Morgan fingerprint density at radius 3 is 1.43 bits per heavy atom. The van der Waals surface area contributed by atoms with Crippen LogP contribution < -0.4 is 17.2 Å². The number of phosphoric ester groups is 1. The molecule has 10 nitrogen and oxygen atoms in total.